The maximum atomic E-state index is 13.3. The molecule has 0 fully saturated rings. The molecule has 0 bridgehead atoms. The van der Waals surface area contributed by atoms with Crippen LogP contribution in [-0.4, -0.2) is 18.3 Å². The smallest absolute Gasteiger partial charge is 0.125 e. The quantitative estimate of drug-likeness (QED) is 0.710. The van der Waals surface area contributed by atoms with Crippen molar-refractivity contribution in [2.45, 2.75) is 6.54 Å². The molecule has 108 valence electrons. The lowest BCUT2D eigenvalue weighted by molar-refractivity contribution is 0.300. The van der Waals surface area contributed by atoms with E-state index >= 15 is 0 Å². The fraction of sp³-hybridized carbons (Fsp3) is 0.176. The molecule has 0 N–H and O–H groups in total. The number of halogens is 1. The summed E-state index contributed by atoms with van der Waals surface area (Å²) >= 11 is 0. The molecular formula is C17H16FNO2. The second-order valence-electron chi connectivity index (χ2n) is 4.74. The van der Waals surface area contributed by atoms with Gasteiger partial charge in [-0.05, 0) is 53.9 Å². The Morgan fingerprint density at radius 2 is 1.76 bits per heavy atom. The zero-order valence-corrected chi connectivity index (χ0v) is 11.8. The van der Waals surface area contributed by atoms with Crippen molar-refractivity contribution in [3.05, 3.63) is 60.5 Å². The number of methoxy groups -OCH3 is 1. The first-order chi connectivity index (χ1) is 10.3. The van der Waals surface area contributed by atoms with Gasteiger partial charge >= 0.3 is 0 Å². The maximum Gasteiger partial charge on any atom is 0.125 e. The van der Waals surface area contributed by atoms with E-state index in [0.717, 1.165) is 22.4 Å². The van der Waals surface area contributed by atoms with Crippen molar-refractivity contribution in [1.29, 1.82) is 0 Å². The monoisotopic (exact) mass is 285 g/mol. The van der Waals surface area contributed by atoms with E-state index in [4.69, 9.17) is 9.47 Å². The van der Waals surface area contributed by atoms with Crippen LogP contribution < -0.4 is 9.47 Å². The Labute approximate surface area is 122 Å². The zero-order chi connectivity index (χ0) is 14.7. The minimum atomic E-state index is -0.224. The van der Waals surface area contributed by atoms with Crippen molar-refractivity contribution in [3.63, 3.8) is 0 Å². The highest BCUT2D eigenvalue weighted by Gasteiger charge is 2.03. The Morgan fingerprint density at radius 3 is 2.52 bits per heavy atom. The number of benzene rings is 2. The summed E-state index contributed by atoms with van der Waals surface area (Å²) in [5, 5.41) is 1.03. The van der Waals surface area contributed by atoms with Crippen molar-refractivity contribution in [3.8, 4) is 11.5 Å². The van der Waals surface area contributed by atoms with E-state index in [-0.39, 0.29) is 5.82 Å². The molecule has 21 heavy (non-hydrogen) atoms. The first-order valence-corrected chi connectivity index (χ1v) is 6.77. The fourth-order valence-electron chi connectivity index (χ4n) is 2.29. The molecule has 4 heteroatoms. The molecule has 0 atom stereocenters. The van der Waals surface area contributed by atoms with E-state index in [1.807, 2.05) is 41.1 Å². The molecule has 0 saturated carbocycles. The number of rotatable bonds is 5. The second kappa shape index (κ2) is 5.87. The van der Waals surface area contributed by atoms with E-state index in [2.05, 4.69) is 0 Å². The van der Waals surface area contributed by atoms with Crippen LogP contribution in [0.15, 0.2) is 54.7 Å². The summed E-state index contributed by atoms with van der Waals surface area (Å²) in [5.74, 6) is 1.37. The van der Waals surface area contributed by atoms with Crippen LogP contribution in [0.4, 0.5) is 4.39 Å². The number of aromatic nitrogens is 1. The van der Waals surface area contributed by atoms with Crippen LogP contribution in [0.25, 0.3) is 10.9 Å². The summed E-state index contributed by atoms with van der Waals surface area (Å²) in [5.41, 5.74) is 0.883. The molecule has 0 spiro atoms. The SMILES string of the molecule is COc1ccc(OCCn2ccc3ccc(F)cc32)cc1. The van der Waals surface area contributed by atoms with Crippen LogP contribution in [0.3, 0.4) is 0 Å². The standard InChI is InChI=1S/C17H16FNO2/c1-20-15-4-6-16(7-5-15)21-11-10-19-9-8-13-2-3-14(18)12-17(13)19/h2-9,12H,10-11H2,1H3. The first-order valence-electron chi connectivity index (χ1n) is 6.77. The number of nitrogens with zero attached hydrogens (tertiary/aromatic N) is 1. The van der Waals surface area contributed by atoms with Gasteiger partial charge in [-0.2, -0.15) is 0 Å². The lowest BCUT2D eigenvalue weighted by Gasteiger charge is -2.09. The Kier molecular flexibility index (Phi) is 3.77. The molecule has 3 nitrogen and oxygen atoms in total. The van der Waals surface area contributed by atoms with Gasteiger partial charge in [0.05, 0.1) is 19.2 Å². The van der Waals surface area contributed by atoms with E-state index in [9.17, 15) is 4.39 Å². The summed E-state index contributed by atoms with van der Waals surface area (Å²) in [6.07, 6.45) is 1.95. The van der Waals surface area contributed by atoms with Crippen molar-refractivity contribution < 1.29 is 13.9 Å². The lowest BCUT2D eigenvalue weighted by atomic mass is 10.2. The summed E-state index contributed by atoms with van der Waals surface area (Å²) in [4.78, 5) is 0. The maximum absolute atomic E-state index is 13.3. The molecule has 0 aliphatic heterocycles. The predicted octanol–water partition coefficient (Wildman–Crippen LogP) is 3.87. The molecule has 0 radical (unpaired) electrons. The third kappa shape index (κ3) is 2.99. The molecule has 0 aliphatic rings. The molecule has 0 aliphatic carbocycles. The Hall–Kier alpha value is -2.49. The number of hydrogen-bond acceptors (Lipinski definition) is 2. The molecular weight excluding hydrogens is 269 g/mol. The van der Waals surface area contributed by atoms with Crippen LogP contribution in [0.1, 0.15) is 0 Å². The van der Waals surface area contributed by atoms with Crippen LogP contribution >= 0.6 is 0 Å². The van der Waals surface area contributed by atoms with Crippen LogP contribution in [0.2, 0.25) is 0 Å². The van der Waals surface area contributed by atoms with Crippen molar-refractivity contribution >= 4 is 10.9 Å². The molecule has 1 aromatic heterocycles. The largest absolute Gasteiger partial charge is 0.497 e. The van der Waals surface area contributed by atoms with Gasteiger partial charge in [0, 0.05) is 6.20 Å². The van der Waals surface area contributed by atoms with Crippen LogP contribution in [0.5, 0.6) is 11.5 Å². The number of hydrogen-bond donors (Lipinski definition) is 0. The molecule has 0 unspecified atom stereocenters. The Balaban J connectivity index is 1.64. The summed E-state index contributed by atoms with van der Waals surface area (Å²) in [6.45, 7) is 1.19. The Bertz CT molecular complexity index is 734. The van der Waals surface area contributed by atoms with Crippen molar-refractivity contribution in [2.75, 3.05) is 13.7 Å². The first kappa shape index (κ1) is 13.5. The summed E-state index contributed by atoms with van der Waals surface area (Å²) in [6, 6.07) is 14.2. The van der Waals surface area contributed by atoms with Crippen LogP contribution in [0, 0.1) is 5.82 Å². The second-order valence-corrected chi connectivity index (χ2v) is 4.74. The summed E-state index contributed by atoms with van der Waals surface area (Å²) < 4.78 is 26.1. The van der Waals surface area contributed by atoms with Gasteiger partial charge in [-0.15, -0.1) is 0 Å². The highest BCUT2D eigenvalue weighted by molar-refractivity contribution is 5.80. The number of ether oxygens (including phenoxy) is 2. The average molecular weight is 285 g/mol. The predicted molar refractivity (Wildman–Crippen MR) is 80.4 cm³/mol. The van der Waals surface area contributed by atoms with Gasteiger partial charge in [0.15, 0.2) is 0 Å². The van der Waals surface area contributed by atoms with Crippen molar-refractivity contribution in [2.24, 2.45) is 0 Å². The van der Waals surface area contributed by atoms with Gasteiger partial charge in [-0.1, -0.05) is 0 Å². The molecule has 2 aromatic carbocycles. The minimum absolute atomic E-state index is 0.224. The van der Waals surface area contributed by atoms with E-state index < -0.39 is 0 Å². The average Bonchev–Trinajstić information content (AvgIpc) is 2.90. The highest BCUT2D eigenvalue weighted by Crippen LogP contribution is 2.19. The van der Waals surface area contributed by atoms with Gasteiger partial charge in [0.25, 0.3) is 0 Å². The minimum Gasteiger partial charge on any atom is -0.497 e. The normalized spacial score (nSPS) is 10.8. The van der Waals surface area contributed by atoms with Gasteiger partial charge in [0.2, 0.25) is 0 Å². The third-order valence-electron chi connectivity index (χ3n) is 3.40. The van der Waals surface area contributed by atoms with Crippen molar-refractivity contribution in [1.82, 2.24) is 4.57 Å². The molecule has 3 aromatic rings. The zero-order valence-electron chi connectivity index (χ0n) is 11.8. The van der Waals surface area contributed by atoms with Gasteiger partial charge in [-0.3, -0.25) is 0 Å². The summed E-state index contributed by atoms with van der Waals surface area (Å²) in [7, 11) is 1.63. The molecule has 1 heterocycles. The lowest BCUT2D eigenvalue weighted by Crippen LogP contribution is -2.07. The van der Waals surface area contributed by atoms with Crippen LogP contribution in [-0.2, 0) is 6.54 Å². The van der Waals surface area contributed by atoms with E-state index in [1.54, 1.807) is 19.2 Å². The van der Waals surface area contributed by atoms with Gasteiger partial charge in [-0.25, -0.2) is 4.39 Å². The molecule has 0 saturated heterocycles. The van der Waals surface area contributed by atoms with Gasteiger partial charge < -0.3 is 14.0 Å². The highest BCUT2D eigenvalue weighted by atomic mass is 19.1. The molecule has 0 amide bonds. The third-order valence-corrected chi connectivity index (χ3v) is 3.40. The van der Waals surface area contributed by atoms with E-state index in [0.29, 0.717) is 13.2 Å². The van der Waals surface area contributed by atoms with E-state index in [1.165, 1.54) is 6.07 Å². The molecule has 3 rings (SSSR count). The number of fused-ring (bicyclic) bond motifs is 1. The Morgan fingerprint density at radius 1 is 1.00 bits per heavy atom. The topological polar surface area (TPSA) is 23.4 Å². The fourth-order valence-corrected chi connectivity index (χ4v) is 2.29. The van der Waals surface area contributed by atoms with Gasteiger partial charge in [0.1, 0.15) is 23.9 Å².